The second-order valence-electron chi connectivity index (χ2n) is 7.83. The molecular formula is C18H20O4. The van der Waals surface area contributed by atoms with Crippen molar-refractivity contribution in [3.63, 3.8) is 0 Å². The van der Waals surface area contributed by atoms with Crippen LogP contribution < -0.4 is 0 Å². The molecule has 4 fully saturated rings. The molecule has 116 valence electrons. The maximum absolute atomic E-state index is 12.0. The van der Waals surface area contributed by atoms with Gasteiger partial charge in [-0.15, -0.1) is 0 Å². The topological polar surface area (TPSA) is 74.6 Å². The number of aliphatic carboxylic acids is 2. The van der Waals surface area contributed by atoms with Crippen LogP contribution in [0, 0.1) is 16.7 Å². The Bertz CT molecular complexity index is 620. The van der Waals surface area contributed by atoms with E-state index in [-0.39, 0.29) is 11.3 Å². The van der Waals surface area contributed by atoms with Gasteiger partial charge in [0.05, 0.1) is 10.8 Å². The van der Waals surface area contributed by atoms with E-state index in [0.29, 0.717) is 32.1 Å². The first-order chi connectivity index (χ1) is 10.4. The van der Waals surface area contributed by atoms with E-state index in [1.165, 1.54) is 0 Å². The highest BCUT2D eigenvalue weighted by atomic mass is 16.4. The fourth-order valence-electron chi connectivity index (χ4n) is 6.03. The summed E-state index contributed by atoms with van der Waals surface area (Å²) < 4.78 is 0. The standard InChI is InChI=1S/C18H20O4/c19-14(20)17-7-12-6-16(9-17,13-4-2-1-3-5-13)10-18(8-12,11-17)15(21)22/h1-5,12H,6-11H2,(H,19,20)(H,21,22). The van der Waals surface area contributed by atoms with Gasteiger partial charge < -0.3 is 10.2 Å². The predicted molar refractivity (Wildman–Crippen MR) is 79.4 cm³/mol. The van der Waals surface area contributed by atoms with Crippen molar-refractivity contribution in [2.45, 2.75) is 43.9 Å². The van der Waals surface area contributed by atoms with Crippen LogP contribution in [0.25, 0.3) is 0 Å². The Kier molecular flexibility index (Phi) is 2.58. The molecule has 4 heteroatoms. The van der Waals surface area contributed by atoms with Crippen LogP contribution in [0.2, 0.25) is 0 Å². The Hall–Kier alpha value is -1.84. The van der Waals surface area contributed by atoms with Gasteiger partial charge in [0.25, 0.3) is 0 Å². The fourth-order valence-corrected chi connectivity index (χ4v) is 6.03. The molecule has 2 atom stereocenters. The largest absolute Gasteiger partial charge is 0.481 e. The summed E-state index contributed by atoms with van der Waals surface area (Å²) in [5, 5.41) is 19.7. The molecule has 0 radical (unpaired) electrons. The Morgan fingerprint density at radius 2 is 1.41 bits per heavy atom. The lowest BCUT2D eigenvalue weighted by atomic mass is 9.38. The second-order valence-corrected chi connectivity index (χ2v) is 7.83. The van der Waals surface area contributed by atoms with Gasteiger partial charge in [-0.1, -0.05) is 30.3 Å². The van der Waals surface area contributed by atoms with Gasteiger partial charge in [0.15, 0.2) is 0 Å². The quantitative estimate of drug-likeness (QED) is 0.899. The highest BCUT2D eigenvalue weighted by molar-refractivity contribution is 5.81. The van der Waals surface area contributed by atoms with Crippen LogP contribution in [0.15, 0.2) is 30.3 Å². The molecule has 0 aromatic heterocycles. The number of hydrogen-bond acceptors (Lipinski definition) is 2. The third-order valence-electron chi connectivity index (χ3n) is 6.36. The summed E-state index contributed by atoms with van der Waals surface area (Å²) in [5.41, 5.74) is -0.867. The predicted octanol–water partition coefficient (Wildman–Crippen LogP) is 3.06. The maximum Gasteiger partial charge on any atom is 0.309 e. The van der Waals surface area contributed by atoms with Crippen LogP contribution in [0.1, 0.15) is 44.1 Å². The lowest BCUT2D eigenvalue weighted by Crippen LogP contribution is -2.63. The Morgan fingerprint density at radius 1 is 0.864 bits per heavy atom. The molecule has 0 heterocycles. The van der Waals surface area contributed by atoms with Crippen LogP contribution >= 0.6 is 0 Å². The van der Waals surface area contributed by atoms with Gasteiger partial charge in [0, 0.05) is 0 Å². The number of hydrogen-bond donors (Lipinski definition) is 2. The van der Waals surface area contributed by atoms with E-state index in [1.807, 2.05) is 30.3 Å². The zero-order valence-electron chi connectivity index (χ0n) is 12.4. The summed E-state index contributed by atoms with van der Waals surface area (Å²) in [5.74, 6) is -1.39. The maximum atomic E-state index is 12.0. The van der Waals surface area contributed by atoms with E-state index in [0.717, 1.165) is 12.0 Å². The van der Waals surface area contributed by atoms with Crippen LogP contribution in [0.5, 0.6) is 0 Å². The smallest absolute Gasteiger partial charge is 0.309 e. The van der Waals surface area contributed by atoms with E-state index < -0.39 is 22.8 Å². The molecular weight excluding hydrogens is 280 g/mol. The molecule has 22 heavy (non-hydrogen) atoms. The van der Waals surface area contributed by atoms with Gasteiger partial charge in [0.2, 0.25) is 0 Å². The molecule has 4 aliphatic carbocycles. The highest BCUT2D eigenvalue weighted by Gasteiger charge is 2.68. The third kappa shape index (κ3) is 1.64. The summed E-state index contributed by atoms with van der Waals surface area (Å²) >= 11 is 0. The van der Waals surface area contributed by atoms with E-state index in [4.69, 9.17) is 0 Å². The first-order valence-corrected chi connectivity index (χ1v) is 7.92. The molecule has 4 aliphatic rings. The van der Waals surface area contributed by atoms with Crippen LogP contribution in [-0.4, -0.2) is 22.2 Å². The van der Waals surface area contributed by atoms with Crippen molar-refractivity contribution in [2.75, 3.05) is 0 Å². The number of benzene rings is 1. The molecule has 4 nitrogen and oxygen atoms in total. The lowest BCUT2D eigenvalue weighted by Gasteiger charge is -2.64. The molecule has 1 aromatic carbocycles. The molecule has 1 aromatic rings. The minimum Gasteiger partial charge on any atom is -0.481 e. The van der Waals surface area contributed by atoms with E-state index >= 15 is 0 Å². The van der Waals surface area contributed by atoms with E-state index in [9.17, 15) is 19.8 Å². The second kappa shape index (κ2) is 4.12. The fraction of sp³-hybridized carbons (Fsp3) is 0.556. The molecule has 2 unspecified atom stereocenters. The van der Waals surface area contributed by atoms with Crippen molar-refractivity contribution in [3.8, 4) is 0 Å². The molecule has 0 spiro atoms. The molecule has 0 saturated heterocycles. The van der Waals surface area contributed by atoms with Crippen molar-refractivity contribution < 1.29 is 19.8 Å². The van der Waals surface area contributed by atoms with Gasteiger partial charge >= 0.3 is 11.9 Å². The Morgan fingerprint density at radius 3 is 1.91 bits per heavy atom. The normalized spacial score (nSPS) is 42.3. The SMILES string of the molecule is O=C(O)C12CC3CC(C(=O)O)(C1)CC(c1ccccc1)(C3)C2. The van der Waals surface area contributed by atoms with Gasteiger partial charge in [-0.05, 0) is 55.4 Å². The summed E-state index contributed by atoms with van der Waals surface area (Å²) in [4.78, 5) is 24.0. The molecule has 2 N–H and O–H groups in total. The number of carboxylic acid groups (broad SMARTS) is 2. The van der Waals surface area contributed by atoms with Crippen LogP contribution in [-0.2, 0) is 15.0 Å². The average Bonchev–Trinajstić information content (AvgIpc) is 2.46. The average molecular weight is 300 g/mol. The first-order valence-electron chi connectivity index (χ1n) is 7.92. The van der Waals surface area contributed by atoms with Crippen molar-refractivity contribution in [2.24, 2.45) is 16.7 Å². The summed E-state index contributed by atoms with van der Waals surface area (Å²) in [7, 11) is 0. The summed E-state index contributed by atoms with van der Waals surface area (Å²) in [6.45, 7) is 0. The molecule has 5 rings (SSSR count). The number of rotatable bonds is 3. The van der Waals surface area contributed by atoms with Gasteiger partial charge in [-0.3, -0.25) is 9.59 Å². The summed E-state index contributed by atoms with van der Waals surface area (Å²) in [6.07, 6.45) is 3.70. The monoisotopic (exact) mass is 300 g/mol. The molecule has 4 saturated carbocycles. The Labute approximate surface area is 129 Å². The minimum atomic E-state index is -0.854. The summed E-state index contributed by atoms with van der Waals surface area (Å²) in [6, 6.07) is 9.96. The number of carboxylic acids is 2. The number of carbonyl (C=O) groups is 2. The van der Waals surface area contributed by atoms with E-state index in [2.05, 4.69) is 0 Å². The van der Waals surface area contributed by atoms with Crippen molar-refractivity contribution in [1.29, 1.82) is 0 Å². The first kappa shape index (κ1) is 13.8. The molecule has 0 aliphatic heterocycles. The zero-order chi connectivity index (χ0) is 15.6. The Balaban J connectivity index is 1.88. The van der Waals surface area contributed by atoms with Gasteiger partial charge in [-0.2, -0.15) is 0 Å². The minimum absolute atomic E-state index is 0.212. The van der Waals surface area contributed by atoms with Crippen molar-refractivity contribution >= 4 is 11.9 Å². The highest BCUT2D eigenvalue weighted by Crippen LogP contribution is 2.70. The van der Waals surface area contributed by atoms with Crippen LogP contribution in [0.4, 0.5) is 0 Å². The third-order valence-corrected chi connectivity index (χ3v) is 6.36. The molecule has 4 bridgehead atoms. The van der Waals surface area contributed by atoms with Gasteiger partial charge in [-0.25, -0.2) is 0 Å². The lowest BCUT2D eigenvalue weighted by molar-refractivity contribution is -0.191. The van der Waals surface area contributed by atoms with Gasteiger partial charge in [0.1, 0.15) is 0 Å². The zero-order valence-corrected chi connectivity index (χ0v) is 12.4. The van der Waals surface area contributed by atoms with E-state index in [1.54, 1.807) is 0 Å². The van der Waals surface area contributed by atoms with Crippen LogP contribution in [0.3, 0.4) is 0 Å². The van der Waals surface area contributed by atoms with Crippen molar-refractivity contribution in [3.05, 3.63) is 35.9 Å². The van der Waals surface area contributed by atoms with Crippen molar-refractivity contribution in [1.82, 2.24) is 0 Å². The molecule has 0 amide bonds.